The van der Waals surface area contributed by atoms with E-state index >= 15 is 0 Å². The molecular formula is C15H23N3O3. The van der Waals surface area contributed by atoms with Crippen LogP contribution < -0.4 is 5.32 Å². The molecule has 0 radical (unpaired) electrons. The van der Waals surface area contributed by atoms with Crippen molar-refractivity contribution in [1.29, 1.82) is 0 Å². The van der Waals surface area contributed by atoms with Gasteiger partial charge in [-0.15, -0.1) is 0 Å². The van der Waals surface area contributed by atoms with Gasteiger partial charge in [0.25, 0.3) is 0 Å². The first-order valence-electron chi connectivity index (χ1n) is 7.25. The van der Waals surface area contributed by atoms with Crippen LogP contribution >= 0.6 is 0 Å². The molecule has 0 saturated heterocycles. The van der Waals surface area contributed by atoms with E-state index in [0.717, 1.165) is 18.4 Å². The average Bonchev–Trinajstić information content (AvgIpc) is 2.49. The monoisotopic (exact) mass is 293 g/mol. The maximum Gasteiger partial charge on any atom is 0.326 e. The lowest BCUT2D eigenvalue weighted by molar-refractivity contribution is -0.139. The number of carboxylic acid groups (broad SMARTS) is 1. The molecule has 116 valence electrons. The lowest BCUT2D eigenvalue weighted by atomic mass is 10.1. The van der Waals surface area contributed by atoms with Gasteiger partial charge in [-0.05, 0) is 31.0 Å². The number of pyridine rings is 1. The lowest BCUT2D eigenvalue weighted by Crippen LogP contribution is -2.47. The van der Waals surface area contributed by atoms with Gasteiger partial charge in [0, 0.05) is 25.5 Å². The van der Waals surface area contributed by atoms with Crippen molar-refractivity contribution in [1.82, 2.24) is 15.2 Å². The molecule has 0 aliphatic heterocycles. The van der Waals surface area contributed by atoms with Gasteiger partial charge in [-0.2, -0.15) is 0 Å². The van der Waals surface area contributed by atoms with Gasteiger partial charge in [0.15, 0.2) is 0 Å². The van der Waals surface area contributed by atoms with Crippen LogP contribution in [0.3, 0.4) is 0 Å². The first kappa shape index (κ1) is 16.9. The summed E-state index contributed by atoms with van der Waals surface area (Å²) in [6.07, 6.45) is 5.46. The third kappa shape index (κ3) is 5.81. The van der Waals surface area contributed by atoms with Crippen molar-refractivity contribution in [3.05, 3.63) is 30.1 Å². The fourth-order valence-corrected chi connectivity index (χ4v) is 1.94. The van der Waals surface area contributed by atoms with E-state index in [1.54, 1.807) is 17.3 Å². The summed E-state index contributed by atoms with van der Waals surface area (Å²) in [5.41, 5.74) is 0.961. The first-order chi connectivity index (χ1) is 10.1. The molecule has 1 aromatic heterocycles. The molecule has 2 amide bonds. The van der Waals surface area contributed by atoms with Crippen LogP contribution in [0.4, 0.5) is 4.79 Å². The number of carbonyl (C=O) groups is 2. The van der Waals surface area contributed by atoms with Crippen LogP contribution in [0.5, 0.6) is 0 Å². The second kappa shape index (κ2) is 8.94. The summed E-state index contributed by atoms with van der Waals surface area (Å²) < 4.78 is 0. The zero-order chi connectivity index (χ0) is 15.7. The smallest absolute Gasteiger partial charge is 0.326 e. The Kier molecular flexibility index (Phi) is 7.21. The summed E-state index contributed by atoms with van der Waals surface area (Å²) in [6.45, 7) is 4.80. The predicted octanol–water partition coefficient (Wildman–Crippen LogP) is 2.26. The average molecular weight is 293 g/mol. The Morgan fingerprint density at radius 1 is 1.33 bits per heavy atom. The third-order valence-electron chi connectivity index (χ3n) is 3.23. The lowest BCUT2D eigenvalue weighted by Gasteiger charge is -2.24. The van der Waals surface area contributed by atoms with Crippen molar-refractivity contribution < 1.29 is 14.7 Å². The van der Waals surface area contributed by atoms with Gasteiger partial charge in [0.1, 0.15) is 6.04 Å². The van der Waals surface area contributed by atoms with E-state index in [0.29, 0.717) is 19.5 Å². The number of hydrogen-bond donors (Lipinski definition) is 2. The number of hydrogen-bond acceptors (Lipinski definition) is 3. The number of nitrogens with zero attached hydrogens (tertiary/aromatic N) is 2. The normalized spacial score (nSPS) is 11.7. The van der Waals surface area contributed by atoms with E-state index < -0.39 is 12.0 Å². The molecule has 2 N–H and O–H groups in total. The van der Waals surface area contributed by atoms with Crippen molar-refractivity contribution in [3.63, 3.8) is 0 Å². The predicted molar refractivity (Wildman–Crippen MR) is 79.8 cm³/mol. The molecule has 0 aliphatic rings. The van der Waals surface area contributed by atoms with E-state index in [1.165, 1.54) is 0 Å². The molecular weight excluding hydrogens is 270 g/mol. The Morgan fingerprint density at radius 2 is 2.00 bits per heavy atom. The number of amides is 2. The number of aromatic nitrogens is 1. The number of unbranched alkanes of at least 4 members (excludes halogenated alkanes) is 1. The number of aliphatic carboxylic acids is 1. The second-order valence-corrected chi connectivity index (χ2v) is 4.85. The van der Waals surface area contributed by atoms with Crippen LogP contribution in [0, 0.1) is 0 Å². The minimum Gasteiger partial charge on any atom is -0.480 e. The van der Waals surface area contributed by atoms with E-state index in [-0.39, 0.29) is 6.03 Å². The Labute approximate surface area is 125 Å². The Bertz CT molecular complexity index is 451. The minimum absolute atomic E-state index is 0.349. The van der Waals surface area contributed by atoms with Crippen molar-refractivity contribution in [2.75, 3.05) is 6.54 Å². The molecule has 6 heteroatoms. The highest BCUT2D eigenvalue weighted by Gasteiger charge is 2.22. The molecule has 1 unspecified atom stereocenters. The fraction of sp³-hybridized carbons (Fsp3) is 0.533. The molecule has 0 spiro atoms. The third-order valence-corrected chi connectivity index (χ3v) is 3.23. The molecule has 21 heavy (non-hydrogen) atoms. The van der Waals surface area contributed by atoms with Crippen LogP contribution in [0.25, 0.3) is 0 Å². The quantitative estimate of drug-likeness (QED) is 0.770. The molecule has 1 rings (SSSR count). The van der Waals surface area contributed by atoms with Gasteiger partial charge in [-0.1, -0.05) is 19.8 Å². The van der Waals surface area contributed by atoms with Gasteiger partial charge in [-0.3, -0.25) is 4.98 Å². The first-order valence-corrected chi connectivity index (χ1v) is 7.25. The molecule has 0 fully saturated rings. The highest BCUT2D eigenvalue weighted by Crippen LogP contribution is 2.06. The summed E-state index contributed by atoms with van der Waals surface area (Å²) >= 11 is 0. The Balaban J connectivity index is 2.62. The maximum absolute atomic E-state index is 12.2. The second-order valence-electron chi connectivity index (χ2n) is 4.85. The molecule has 1 aromatic rings. The topological polar surface area (TPSA) is 82.5 Å². The largest absolute Gasteiger partial charge is 0.480 e. The summed E-state index contributed by atoms with van der Waals surface area (Å²) in [6, 6.07) is 2.49. The van der Waals surface area contributed by atoms with Gasteiger partial charge in [-0.25, -0.2) is 9.59 Å². The van der Waals surface area contributed by atoms with E-state index in [9.17, 15) is 9.59 Å². The number of rotatable bonds is 8. The summed E-state index contributed by atoms with van der Waals surface area (Å²) in [4.78, 5) is 28.9. The maximum atomic E-state index is 12.2. The molecule has 1 heterocycles. The fourth-order valence-electron chi connectivity index (χ4n) is 1.94. The zero-order valence-corrected chi connectivity index (χ0v) is 12.6. The molecule has 6 nitrogen and oxygen atoms in total. The van der Waals surface area contributed by atoms with Crippen molar-refractivity contribution in [2.45, 2.75) is 45.7 Å². The van der Waals surface area contributed by atoms with Crippen LogP contribution in [0.1, 0.15) is 38.7 Å². The van der Waals surface area contributed by atoms with Crippen LogP contribution in [-0.4, -0.2) is 39.6 Å². The van der Waals surface area contributed by atoms with E-state index in [2.05, 4.69) is 10.3 Å². The molecule has 0 bridgehead atoms. The Morgan fingerprint density at radius 3 is 2.52 bits per heavy atom. The Hall–Kier alpha value is -2.11. The molecule has 0 saturated carbocycles. The number of carboxylic acids is 1. The zero-order valence-electron chi connectivity index (χ0n) is 12.6. The van der Waals surface area contributed by atoms with Crippen LogP contribution in [0.2, 0.25) is 0 Å². The van der Waals surface area contributed by atoms with Crippen LogP contribution in [-0.2, 0) is 11.3 Å². The molecule has 1 atom stereocenters. The minimum atomic E-state index is -0.989. The van der Waals surface area contributed by atoms with Crippen LogP contribution in [0.15, 0.2) is 24.5 Å². The van der Waals surface area contributed by atoms with Gasteiger partial charge in [0.2, 0.25) is 0 Å². The highest BCUT2D eigenvalue weighted by molar-refractivity contribution is 5.82. The number of urea groups is 1. The summed E-state index contributed by atoms with van der Waals surface area (Å²) in [7, 11) is 0. The number of carbonyl (C=O) groups excluding carboxylic acids is 1. The van der Waals surface area contributed by atoms with Gasteiger partial charge in [0.05, 0.1) is 0 Å². The number of nitrogens with one attached hydrogen (secondary N) is 1. The molecule has 0 aromatic carbocycles. The van der Waals surface area contributed by atoms with Crippen molar-refractivity contribution >= 4 is 12.0 Å². The highest BCUT2D eigenvalue weighted by atomic mass is 16.4. The summed E-state index contributed by atoms with van der Waals surface area (Å²) in [5, 5.41) is 11.7. The van der Waals surface area contributed by atoms with Gasteiger partial charge < -0.3 is 15.3 Å². The van der Waals surface area contributed by atoms with E-state index in [1.807, 2.05) is 26.0 Å². The van der Waals surface area contributed by atoms with Gasteiger partial charge >= 0.3 is 12.0 Å². The SMILES string of the molecule is CCCCC(NC(=O)N(CC)Cc1ccncc1)C(=O)O. The van der Waals surface area contributed by atoms with Crippen molar-refractivity contribution in [3.8, 4) is 0 Å². The standard InChI is InChI=1S/C15H23N3O3/c1-3-5-6-13(14(19)20)17-15(21)18(4-2)11-12-7-9-16-10-8-12/h7-10,13H,3-6,11H2,1-2H3,(H,17,21)(H,19,20). The van der Waals surface area contributed by atoms with Crippen molar-refractivity contribution in [2.24, 2.45) is 0 Å². The molecule has 0 aliphatic carbocycles. The summed E-state index contributed by atoms with van der Waals surface area (Å²) in [5.74, 6) is -0.989. The van der Waals surface area contributed by atoms with E-state index in [4.69, 9.17) is 5.11 Å².